The lowest BCUT2D eigenvalue weighted by Crippen LogP contribution is -2.70. The van der Waals surface area contributed by atoms with Gasteiger partial charge in [0.2, 0.25) is 0 Å². The van der Waals surface area contributed by atoms with Gasteiger partial charge in [0.1, 0.15) is 72.9 Å². The molecule has 378 valence electrons. The summed E-state index contributed by atoms with van der Waals surface area (Å²) in [5, 5.41) is 77.6. The molecule has 3 aromatic carbocycles. The first-order valence-corrected chi connectivity index (χ1v) is 25.1. The molecule has 3 heterocycles. The van der Waals surface area contributed by atoms with Crippen LogP contribution in [0.5, 0.6) is 5.75 Å². The molecule has 0 saturated carbocycles. The van der Waals surface area contributed by atoms with Crippen LogP contribution in [0.15, 0.2) is 84.9 Å². The summed E-state index contributed by atoms with van der Waals surface area (Å²) in [6.07, 6.45) is -20.5. The van der Waals surface area contributed by atoms with Crippen molar-refractivity contribution in [1.29, 1.82) is 0 Å². The van der Waals surface area contributed by atoms with Crippen LogP contribution in [0.4, 0.5) is 0 Å². The highest BCUT2D eigenvalue weighted by molar-refractivity contribution is 6.99. The number of rotatable bonds is 21. The smallest absolute Gasteiger partial charge is 0.305 e. The van der Waals surface area contributed by atoms with Gasteiger partial charge >= 0.3 is 5.97 Å². The first-order chi connectivity index (χ1) is 32.5. The number of carbonyl (C=O) groups is 1. The Hall–Kier alpha value is -3.45. The molecular weight excluding hydrogens is 905 g/mol. The van der Waals surface area contributed by atoms with Crippen LogP contribution >= 0.6 is 0 Å². The Morgan fingerprint density at radius 3 is 1.78 bits per heavy atom. The van der Waals surface area contributed by atoms with Crippen molar-refractivity contribution < 1.29 is 87.6 Å². The van der Waals surface area contributed by atoms with Crippen LogP contribution in [-0.4, -0.2) is 176 Å². The van der Waals surface area contributed by atoms with Gasteiger partial charge in [-0.3, -0.25) is 4.79 Å². The average molecular weight is 975 g/mol. The van der Waals surface area contributed by atoms with E-state index >= 15 is 0 Å². The highest BCUT2D eigenvalue weighted by Crippen LogP contribution is 2.40. The number of hydrogen-bond acceptors (Lipinski definition) is 18. The van der Waals surface area contributed by atoms with Crippen molar-refractivity contribution in [1.82, 2.24) is 0 Å². The van der Waals surface area contributed by atoms with E-state index in [4.69, 9.17) is 47.1 Å². The van der Waals surface area contributed by atoms with Crippen LogP contribution in [0, 0.1) is 0 Å². The number of hydrogen-bond donors (Lipinski definition) is 7. The monoisotopic (exact) mass is 974 g/mol. The third-order valence-electron chi connectivity index (χ3n) is 12.8. The summed E-state index contributed by atoms with van der Waals surface area (Å²) >= 11 is 0. The van der Waals surface area contributed by atoms with E-state index in [0.717, 1.165) is 10.4 Å². The highest BCUT2D eigenvalue weighted by atomic mass is 28.4. The second kappa shape index (κ2) is 24.6. The predicted molar refractivity (Wildman–Crippen MR) is 246 cm³/mol. The Morgan fingerprint density at radius 1 is 0.632 bits per heavy atom. The SMILES string of the molecule is COC(=O)CCCCCO[C@@H]1O[C@H](CO[Si](c2ccccc2)(c2ccccc2)C(C)(C)C)[C@H](O[C@H]2O[C@H](CO)[C@H](O)[C@H](O)[C@H]2O)[C@H](OCc2ccc(OC)cc2)[C@H]1O[C@@H]1O[C@@H](C)[C@@H](O)[C@@H](O)[C@@H]1O. The van der Waals surface area contributed by atoms with Crippen molar-refractivity contribution in [3.8, 4) is 5.75 Å². The van der Waals surface area contributed by atoms with E-state index in [1.54, 1.807) is 31.4 Å². The van der Waals surface area contributed by atoms with Crippen LogP contribution in [0.3, 0.4) is 0 Å². The fourth-order valence-electron chi connectivity index (χ4n) is 8.99. The Labute approximate surface area is 398 Å². The lowest BCUT2D eigenvalue weighted by molar-refractivity contribution is -0.389. The minimum atomic E-state index is -3.32. The molecule has 68 heavy (non-hydrogen) atoms. The zero-order valence-electron chi connectivity index (χ0n) is 39.5. The molecule has 3 fully saturated rings. The van der Waals surface area contributed by atoms with Crippen LogP contribution < -0.4 is 15.1 Å². The maximum atomic E-state index is 11.9. The number of ether oxygens (including phenoxy) is 9. The molecule has 19 heteroatoms. The van der Waals surface area contributed by atoms with Gasteiger partial charge < -0.3 is 82.8 Å². The van der Waals surface area contributed by atoms with Crippen molar-refractivity contribution in [2.75, 3.05) is 34.0 Å². The molecule has 3 aliphatic rings. The van der Waals surface area contributed by atoms with Crippen molar-refractivity contribution in [3.63, 3.8) is 0 Å². The zero-order chi connectivity index (χ0) is 49.2. The van der Waals surface area contributed by atoms with Gasteiger partial charge in [-0.05, 0) is 52.9 Å². The molecule has 3 aromatic rings. The number of carbonyl (C=O) groups excluding carboxylic acids is 1. The number of methoxy groups -OCH3 is 2. The van der Waals surface area contributed by atoms with Gasteiger partial charge in [0.15, 0.2) is 18.9 Å². The molecule has 3 aliphatic heterocycles. The molecule has 0 spiro atoms. The third kappa shape index (κ3) is 12.5. The second-order valence-corrected chi connectivity index (χ2v) is 22.8. The predicted octanol–water partition coefficient (Wildman–Crippen LogP) is 1.03. The van der Waals surface area contributed by atoms with E-state index in [-0.39, 0.29) is 32.2 Å². The number of benzene rings is 3. The molecule has 18 nitrogen and oxygen atoms in total. The summed E-state index contributed by atoms with van der Waals surface area (Å²) in [7, 11) is -0.442. The molecule has 0 radical (unpaired) electrons. The highest BCUT2D eigenvalue weighted by Gasteiger charge is 2.57. The number of unbranched alkanes of at least 4 members (excludes halogenated alkanes) is 2. The van der Waals surface area contributed by atoms with E-state index in [9.17, 15) is 40.5 Å². The van der Waals surface area contributed by atoms with E-state index in [0.29, 0.717) is 30.6 Å². The van der Waals surface area contributed by atoms with E-state index in [2.05, 4.69) is 20.8 Å². The Morgan fingerprint density at radius 2 is 1.21 bits per heavy atom. The van der Waals surface area contributed by atoms with Crippen molar-refractivity contribution in [2.24, 2.45) is 0 Å². The lowest BCUT2D eigenvalue weighted by Gasteiger charge is -2.51. The Bertz CT molecular complexity index is 1920. The molecule has 6 rings (SSSR count). The van der Waals surface area contributed by atoms with Crippen LogP contribution in [0.2, 0.25) is 5.04 Å². The van der Waals surface area contributed by atoms with Gasteiger partial charge in [-0.2, -0.15) is 0 Å². The number of esters is 1. The summed E-state index contributed by atoms with van der Waals surface area (Å²) in [4.78, 5) is 11.9. The van der Waals surface area contributed by atoms with Gasteiger partial charge in [0.05, 0.1) is 40.1 Å². The van der Waals surface area contributed by atoms with Crippen molar-refractivity contribution in [3.05, 3.63) is 90.5 Å². The van der Waals surface area contributed by atoms with Crippen molar-refractivity contribution in [2.45, 2.75) is 157 Å². The fraction of sp³-hybridized carbons (Fsp3) is 0.612. The average Bonchev–Trinajstić information content (AvgIpc) is 3.34. The van der Waals surface area contributed by atoms with Crippen LogP contribution in [0.25, 0.3) is 0 Å². The van der Waals surface area contributed by atoms with Crippen LogP contribution in [-0.2, 0) is 53.7 Å². The molecule has 7 N–H and O–H groups in total. The van der Waals surface area contributed by atoms with E-state index < -0.39 is 112 Å². The minimum absolute atomic E-state index is 0.0859. The summed E-state index contributed by atoms with van der Waals surface area (Å²) in [5.74, 6) is 0.261. The van der Waals surface area contributed by atoms with Gasteiger partial charge in [0, 0.05) is 13.0 Å². The molecule has 0 bridgehead atoms. The summed E-state index contributed by atoms with van der Waals surface area (Å²) in [5.41, 5.74) is 0.687. The summed E-state index contributed by atoms with van der Waals surface area (Å²) < 4.78 is 63.0. The summed E-state index contributed by atoms with van der Waals surface area (Å²) in [6, 6.07) is 26.9. The van der Waals surface area contributed by atoms with Gasteiger partial charge in [-0.1, -0.05) is 100.0 Å². The molecule has 0 amide bonds. The normalized spacial score (nSPS) is 32.4. The van der Waals surface area contributed by atoms with E-state index in [1.165, 1.54) is 14.0 Å². The molecule has 0 aliphatic carbocycles. The first-order valence-electron chi connectivity index (χ1n) is 23.2. The first kappa shape index (κ1) is 53.9. The Balaban J connectivity index is 1.46. The number of aliphatic hydroxyl groups is 7. The lowest BCUT2D eigenvalue weighted by atomic mass is 9.96. The molecule has 0 unspecified atom stereocenters. The maximum absolute atomic E-state index is 11.9. The second-order valence-electron chi connectivity index (χ2n) is 18.5. The van der Waals surface area contributed by atoms with Gasteiger partial charge in [0.25, 0.3) is 8.32 Å². The molecular formula is C49H70O18Si. The minimum Gasteiger partial charge on any atom is -0.497 e. The molecule has 0 aromatic heterocycles. The largest absolute Gasteiger partial charge is 0.497 e. The Kier molecular flexibility index (Phi) is 19.5. The molecule has 3 saturated heterocycles. The molecule has 15 atom stereocenters. The third-order valence-corrected chi connectivity index (χ3v) is 17.9. The van der Waals surface area contributed by atoms with Gasteiger partial charge in [-0.25, -0.2) is 0 Å². The van der Waals surface area contributed by atoms with Gasteiger partial charge in [-0.15, -0.1) is 0 Å². The van der Waals surface area contributed by atoms with Crippen molar-refractivity contribution >= 4 is 24.7 Å². The zero-order valence-corrected chi connectivity index (χ0v) is 40.5. The standard InChI is InChI=1S/C49H70O18Si/c1-29-37(52)39(54)41(56)46(63-29)67-45-44(61-27-30-21-23-31(58-5)24-22-30)43(66-47-42(57)40(55)38(53)34(26-50)64-47)35(65-48(45)60-25-15-9-14-20-36(51)59-6)28-62-68(49(2,3)4,32-16-10-7-11-17-32)33-18-12-8-13-19-33/h7-8,10-13,16-19,21-24,29,34-35,37-48,50,52-57H,9,14-15,20,25-28H2,1-6H3/t29-,34+,35+,37+,38-,39+,40-,41-,42+,43-,44-,45+,46-,47+,48+/m0/s1. The number of aliphatic hydroxyl groups excluding tert-OH is 7. The van der Waals surface area contributed by atoms with E-state index in [1.807, 2.05) is 60.7 Å². The topological polar surface area (TPSA) is 251 Å². The summed E-state index contributed by atoms with van der Waals surface area (Å²) in [6.45, 7) is 6.93. The quantitative estimate of drug-likeness (QED) is 0.0447. The van der Waals surface area contributed by atoms with Crippen LogP contribution in [0.1, 0.15) is 58.9 Å². The maximum Gasteiger partial charge on any atom is 0.305 e. The fourth-order valence-corrected chi connectivity index (χ4v) is 13.6.